The summed E-state index contributed by atoms with van der Waals surface area (Å²) in [5.74, 6) is -0.590. The highest BCUT2D eigenvalue weighted by atomic mass is 32.1. The van der Waals surface area contributed by atoms with Gasteiger partial charge in [0.15, 0.2) is 0 Å². The molecule has 0 fully saturated rings. The molecular formula is C29H41N3O4S. The molecule has 0 bridgehead atoms. The van der Waals surface area contributed by atoms with Gasteiger partial charge in [0.25, 0.3) is 0 Å². The quantitative estimate of drug-likeness (QED) is 0.262. The Bertz CT molecular complexity index is 1020. The van der Waals surface area contributed by atoms with Crippen molar-refractivity contribution in [3.8, 4) is 0 Å². The van der Waals surface area contributed by atoms with Gasteiger partial charge in [0, 0.05) is 18.8 Å². The first-order valence-corrected chi connectivity index (χ1v) is 13.5. The monoisotopic (exact) mass is 527 g/mol. The van der Waals surface area contributed by atoms with Gasteiger partial charge in [-0.15, -0.1) is 0 Å². The van der Waals surface area contributed by atoms with E-state index in [0.29, 0.717) is 13.1 Å². The van der Waals surface area contributed by atoms with Gasteiger partial charge >= 0.3 is 6.09 Å². The Morgan fingerprint density at radius 1 is 1.00 bits per heavy atom. The molecule has 2 unspecified atom stereocenters. The molecule has 0 saturated heterocycles. The Morgan fingerprint density at radius 2 is 1.65 bits per heavy atom. The van der Waals surface area contributed by atoms with Crippen molar-refractivity contribution in [1.82, 2.24) is 15.5 Å². The third-order valence-corrected chi connectivity index (χ3v) is 6.18. The van der Waals surface area contributed by atoms with Crippen molar-refractivity contribution < 1.29 is 19.1 Å². The number of aryl methyl sites for hydroxylation is 1. The summed E-state index contributed by atoms with van der Waals surface area (Å²) in [5, 5.41) is 5.67. The first kappa shape index (κ1) is 30.2. The summed E-state index contributed by atoms with van der Waals surface area (Å²) in [6.07, 6.45) is 1.89. The van der Waals surface area contributed by atoms with Gasteiger partial charge in [-0.25, -0.2) is 4.79 Å². The minimum absolute atomic E-state index is 0.0640. The molecule has 8 heteroatoms. The molecule has 37 heavy (non-hydrogen) atoms. The van der Waals surface area contributed by atoms with Crippen LogP contribution in [0.1, 0.15) is 69.7 Å². The van der Waals surface area contributed by atoms with Crippen molar-refractivity contribution in [1.29, 1.82) is 0 Å². The van der Waals surface area contributed by atoms with Crippen LogP contribution in [-0.4, -0.2) is 46.7 Å². The van der Waals surface area contributed by atoms with Gasteiger partial charge in [-0.05, 0) is 50.8 Å². The lowest BCUT2D eigenvalue weighted by molar-refractivity contribution is -0.142. The van der Waals surface area contributed by atoms with E-state index in [-0.39, 0.29) is 17.6 Å². The first-order chi connectivity index (χ1) is 17.6. The minimum atomic E-state index is -0.951. The number of unbranched alkanes of at least 4 members (excludes halogenated alkanes) is 2. The van der Waals surface area contributed by atoms with Crippen molar-refractivity contribution in [2.75, 3.05) is 12.3 Å². The average Bonchev–Trinajstić information content (AvgIpc) is 2.85. The van der Waals surface area contributed by atoms with Crippen LogP contribution >= 0.6 is 12.6 Å². The van der Waals surface area contributed by atoms with E-state index in [4.69, 9.17) is 4.74 Å². The van der Waals surface area contributed by atoms with Gasteiger partial charge in [0.05, 0.1) is 0 Å². The standard InChI is InChI=1S/C29H41N3O4S/c1-6-7-13-18-32(27(34)24(20-37)31-28(35)36-29(3,4)5)25(23-17-12-11-14-21(23)2)26(33)30-19-22-15-9-8-10-16-22/h8-12,14-17,24-25,37H,6-7,13,18-20H2,1-5H3,(H,30,33)(H,31,35). The van der Waals surface area contributed by atoms with Gasteiger partial charge in [-0.3, -0.25) is 9.59 Å². The minimum Gasteiger partial charge on any atom is -0.444 e. The number of alkyl carbamates (subject to hydrolysis) is 1. The molecular weight excluding hydrogens is 486 g/mol. The molecule has 2 atom stereocenters. The number of nitrogens with one attached hydrogen (secondary N) is 2. The van der Waals surface area contributed by atoms with E-state index in [1.165, 1.54) is 0 Å². The molecule has 2 aromatic carbocycles. The fourth-order valence-corrected chi connectivity index (χ4v) is 4.21. The van der Waals surface area contributed by atoms with Gasteiger partial charge in [-0.2, -0.15) is 12.6 Å². The Morgan fingerprint density at radius 3 is 2.24 bits per heavy atom. The SMILES string of the molecule is CCCCCN(C(=O)C(CS)NC(=O)OC(C)(C)C)C(C(=O)NCc1ccccc1)c1ccccc1C. The molecule has 2 aromatic rings. The van der Waals surface area contributed by atoms with Crippen molar-refractivity contribution in [2.45, 2.75) is 78.1 Å². The number of nitrogens with zero attached hydrogens (tertiary/aromatic N) is 1. The average molecular weight is 528 g/mol. The maximum absolute atomic E-state index is 13.9. The first-order valence-electron chi connectivity index (χ1n) is 12.9. The fourth-order valence-electron chi connectivity index (χ4n) is 3.96. The smallest absolute Gasteiger partial charge is 0.408 e. The number of amides is 3. The molecule has 7 nitrogen and oxygen atoms in total. The number of benzene rings is 2. The van der Waals surface area contributed by atoms with Gasteiger partial charge in [-0.1, -0.05) is 74.4 Å². The number of ether oxygens (including phenoxy) is 1. The predicted molar refractivity (Wildman–Crippen MR) is 150 cm³/mol. The second-order valence-corrected chi connectivity index (χ2v) is 10.4. The summed E-state index contributed by atoms with van der Waals surface area (Å²) in [4.78, 5) is 41.7. The number of hydrogen-bond acceptors (Lipinski definition) is 5. The lowest BCUT2D eigenvalue weighted by atomic mass is 9.97. The van der Waals surface area contributed by atoms with Crippen LogP contribution in [0.2, 0.25) is 0 Å². The van der Waals surface area contributed by atoms with Crippen molar-refractivity contribution in [3.63, 3.8) is 0 Å². The van der Waals surface area contributed by atoms with Crippen LogP contribution in [0.3, 0.4) is 0 Å². The van der Waals surface area contributed by atoms with Crippen LogP contribution in [0.25, 0.3) is 0 Å². The third-order valence-electron chi connectivity index (χ3n) is 5.81. The lowest BCUT2D eigenvalue weighted by Crippen LogP contribution is -2.54. The van der Waals surface area contributed by atoms with E-state index >= 15 is 0 Å². The molecule has 0 radical (unpaired) electrons. The summed E-state index contributed by atoms with van der Waals surface area (Å²) < 4.78 is 5.36. The number of hydrogen-bond donors (Lipinski definition) is 3. The maximum atomic E-state index is 13.9. The molecule has 0 aromatic heterocycles. The fraction of sp³-hybridized carbons (Fsp3) is 0.483. The molecule has 0 aliphatic heterocycles. The molecule has 0 spiro atoms. The van der Waals surface area contributed by atoms with Crippen LogP contribution in [0, 0.1) is 6.92 Å². The molecule has 0 saturated carbocycles. The highest BCUT2D eigenvalue weighted by molar-refractivity contribution is 7.80. The van der Waals surface area contributed by atoms with E-state index in [9.17, 15) is 14.4 Å². The van der Waals surface area contributed by atoms with Crippen LogP contribution in [0.15, 0.2) is 54.6 Å². The lowest BCUT2D eigenvalue weighted by Gasteiger charge is -2.35. The molecule has 0 aliphatic carbocycles. The normalized spacial score (nSPS) is 12.8. The van der Waals surface area contributed by atoms with Crippen LogP contribution in [-0.2, 0) is 20.9 Å². The molecule has 202 valence electrons. The Labute approximate surface area is 226 Å². The summed E-state index contributed by atoms with van der Waals surface area (Å²) >= 11 is 4.34. The molecule has 0 aliphatic rings. The Hall–Kier alpha value is -3.00. The third kappa shape index (κ3) is 9.76. The number of thiol groups is 1. The number of carbonyl (C=O) groups is 3. The van der Waals surface area contributed by atoms with E-state index in [2.05, 4.69) is 30.2 Å². The van der Waals surface area contributed by atoms with Crippen LogP contribution in [0.5, 0.6) is 0 Å². The van der Waals surface area contributed by atoms with Crippen molar-refractivity contribution in [3.05, 3.63) is 71.3 Å². The number of rotatable bonds is 12. The predicted octanol–water partition coefficient (Wildman–Crippen LogP) is 5.19. The van der Waals surface area contributed by atoms with Crippen molar-refractivity contribution >= 4 is 30.5 Å². The summed E-state index contributed by atoms with van der Waals surface area (Å²) in [5.41, 5.74) is 1.89. The maximum Gasteiger partial charge on any atom is 0.408 e. The Balaban J connectivity index is 2.41. The molecule has 2 N–H and O–H groups in total. The summed E-state index contributed by atoms with van der Waals surface area (Å²) in [6, 6.07) is 15.4. The number of carbonyl (C=O) groups excluding carboxylic acids is 3. The largest absolute Gasteiger partial charge is 0.444 e. The second-order valence-electron chi connectivity index (χ2n) is 10.1. The van der Waals surface area contributed by atoms with E-state index < -0.39 is 23.8 Å². The zero-order valence-electron chi connectivity index (χ0n) is 22.6. The van der Waals surface area contributed by atoms with Crippen molar-refractivity contribution in [2.24, 2.45) is 0 Å². The summed E-state index contributed by atoms with van der Waals surface area (Å²) in [7, 11) is 0. The molecule has 2 rings (SSSR count). The van der Waals surface area contributed by atoms with E-state index in [1.54, 1.807) is 25.7 Å². The summed E-state index contributed by atoms with van der Waals surface area (Å²) in [6.45, 7) is 9.98. The molecule has 0 heterocycles. The zero-order valence-corrected chi connectivity index (χ0v) is 23.5. The highest BCUT2D eigenvalue weighted by Gasteiger charge is 2.36. The van der Waals surface area contributed by atoms with Gasteiger partial charge in [0.2, 0.25) is 11.8 Å². The Kier molecular flexibility index (Phi) is 12.0. The van der Waals surface area contributed by atoms with E-state index in [1.807, 2.05) is 61.5 Å². The van der Waals surface area contributed by atoms with Crippen LogP contribution < -0.4 is 10.6 Å². The van der Waals surface area contributed by atoms with Gasteiger partial charge in [0.1, 0.15) is 17.7 Å². The van der Waals surface area contributed by atoms with Gasteiger partial charge < -0.3 is 20.3 Å². The highest BCUT2D eigenvalue weighted by Crippen LogP contribution is 2.26. The molecule has 3 amide bonds. The van der Waals surface area contributed by atoms with E-state index in [0.717, 1.165) is 36.0 Å². The second kappa shape index (κ2) is 14.7. The topological polar surface area (TPSA) is 87.7 Å². The zero-order chi connectivity index (χ0) is 27.4. The van der Waals surface area contributed by atoms with Crippen LogP contribution in [0.4, 0.5) is 4.79 Å².